The molecule has 120 valence electrons. The van der Waals surface area contributed by atoms with E-state index in [-0.39, 0.29) is 17.5 Å². The van der Waals surface area contributed by atoms with Gasteiger partial charge in [-0.1, -0.05) is 6.07 Å². The van der Waals surface area contributed by atoms with E-state index in [2.05, 4.69) is 9.64 Å². The molecular formula is C15H23F2NO3. The van der Waals surface area contributed by atoms with E-state index in [0.717, 1.165) is 5.56 Å². The van der Waals surface area contributed by atoms with E-state index in [1.807, 2.05) is 13.8 Å². The summed E-state index contributed by atoms with van der Waals surface area (Å²) in [5.74, 6) is 0.288. The van der Waals surface area contributed by atoms with Gasteiger partial charge in [0.1, 0.15) is 0 Å². The molecule has 21 heavy (non-hydrogen) atoms. The predicted octanol–water partition coefficient (Wildman–Crippen LogP) is 2.89. The number of nitrogens with zero attached hydrogens (tertiary/aromatic N) is 1. The third-order valence-electron chi connectivity index (χ3n) is 3.06. The van der Waals surface area contributed by atoms with Gasteiger partial charge in [0.15, 0.2) is 11.5 Å². The maximum atomic E-state index is 12.3. The Morgan fingerprint density at radius 1 is 1.19 bits per heavy atom. The molecule has 1 unspecified atom stereocenters. The molecule has 1 N–H and O–H groups in total. The van der Waals surface area contributed by atoms with Crippen LogP contribution in [0.1, 0.15) is 26.3 Å². The first kappa shape index (κ1) is 17.7. The standard InChI is InChI=1S/C15H23F2NO3/c1-10(2)18(8-11(3)19)9-12-5-6-13(21-15(16)17)14(7-12)20-4/h5-7,10-11,15,19H,8-9H2,1-4H3. The van der Waals surface area contributed by atoms with E-state index in [4.69, 9.17) is 4.74 Å². The molecule has 0 amide bonds. The Balaban J connectivity index is 2.87. The molecule has 1 aromatic rings. The molecule has 0 aliphatic heterocycles. The number of rotatable bonds is 8. The highest BCUT2D eigenvalue weighted by atomic mass is 19.3. The van der Waals surface area contributed by atoms with E-state index in [1.54, 1.807) is 19.1 Å². The molecule has 4 nitrogen and oxygen atoms in total. The number of aliphatic hydroxyl groups is 1. The molecule has 6 heteroatoms. The monoisotopic (exact) mass is 303 g/mol. The van der Waals surface area contributed by atoms with Crippen LogP contribution in [0.2, 0.25) is 0 Å². The third kappa shape index (κ3) is 5.85. The van der Waals surface area contributed by atoms with Crippen molar-refractivity contribution in [3.63, 3.8) is 0 Å². The number of benzene rings is 1. The van der Waals surface area contributed by atoms with Gasteiger partial charge in [0.2, 0.25) is 0 Å². The summed E-state index contributed by atoms with van der Waals surface area (Å²) in [5, 5.41) is 9.52. The fraction of sp³-hybridized carbons (Fsp3) is 0.600. The number of methoxy groups -OCH3 is 1. The molecule has 1 rings (SSSR count). The van der Waals surface area contributed by atoms with Crippen molar-refractivity contribution in [2.75, 3.05) is 13.7 Å². The molecule has 0 aromatic heterocycles. The summed E-state index contributed by atoms with van der Waals surface area (Å²) in [4.78, 5) is 2.09. The van der Waals surface area contributed by atoms with Crippen molar-refractivity contribution in [1.82, 2.24) is 4.90 Å². The van der Waals surface area contributed by atoms with Gasteiger partial charge in [-0.3, -0.25) is 4.90 Å². The van der Waals surface area contributed by atoms with Gasteiger partial charge >= 0.3 is 6.61 Å². The van der Waals surface area contributed by atoms with Gasteiger partial charge in [0, 0.05) is 19.1 Å². The molecule has 0 aliphatic rings. The van der Waals surface area contributed by atoms with Crippen molar-refractivity contribution in [2.24, 2.45) is 0 Å². The van der Waals surface area contributed by atoms with Gasteiger partial charge in [-0.05, 0) is 38.5 Å². The number of ether oxygens (including phenoxy) is 2. The molecule has 0 bridgehead atoms. The van der Waals surface area contributed by atoms with Crippen molar-refractivity contribution in [2.45, 2.75) is 46.1 Å². The van der Waals surface area contributed by atoms with Crippen LogP contribution in [0.25, 0.3) is 0 Å². The summed E-state index contributed by atoms with van der Waals surface area (Å²) in [6, 6.07) is 5.12. The largest absolute Gasteiger partial charge is 0.493 e. The minimum Gasteiger partial charge on any atom is -0.493 e. The fourth-order valence-electron chi connectivity index (χ4n) is 2.04. The molecule has 0 spiro atoms. The van der Waals surface area contributed by atoms with Gasteiger partial charge in [0.05, 0.1) is 13.2 Å². The SMILES string of the molecule is COc1cc(CN(CC(C)O)C(C)C)ccc1OC(F)F. The summed E-state index contributed by atoms with van der Waals surface area (Å²) in [6.45, 7) is 4.05. The van der Waals surface area contributed by atoms with E-state index < -0.39 is 12.7 Å². The van der Waals surface area contributed by atoms with Gasteiger partial charge in [0.25, 0.3) is 0 Å². The number of alkyl halides is 2. The zero-order valence-electron chi connectivity index (χ0n) is 12.8. The van der Waals surface area contributed by atoms with E-state index in [0.29, 0.717) is 13.1 Å². The quantitative estimate of drug-likeness (QED) is 0.802. The number of halogens is 2. The van der Waals surface area contributed by atoms with Crippen LogP contribution in [0.15, 0.2) is 18.2 Å². The Morgan fingerprint density at radius 2 is 1.86 bits per heavy atom. The topological polar surface area (TPSA) is 41.9 Å². The Labute approximate surface area is 124 Å². The first-order valence-electron chi connectivity index (χ1n) is 6.87. The van der Waals surface area contributed by atoms with Crippen LogP contribution in [0.3, 0.4) is 0 Å². The normalized spacial score (nSPS) is 13.0. The first-order chi connectivity index (χ1) is 9.83. The second kappa shape index (κ2) is 8.14. The highest BCUT2D eigenvalue weighted by Gasteiger charge is 2.15. The smallest absolute Gasteiger partial charge is 0.387 e. The van der Waals surface area contributed by atoms with Gasteiger partial charge < -0.3 is 14.6 Å². The van der Waals surface area contributed by atoms with Crippen LogP contribution in [0.4, 0.5) is 8.78 Å². The lowest BCUT2D eigenvalue weighted by Gasteiger charge is -2.28. The molecule has 0 saturated heterocycles. The average molecular weight is 303 g/mol. The highest BCUT2D eigenvalue weighted by Crippen LogP contribution is 2.30. The summed E-state index contributed by atoms with van der Waals surface area (Å²) in [7, 11) is 1.41. The minimum absolute atomic E-state index is 0.0165. The zero-order chi connectivity index (χ0) is 16.0. The molecule has 1 atom stereocenters. The van der Waals surface area contributed by atoms with Crippen LogP contribution >= 0.6 is 0 Å². The van der Waals surface area contributed by atoms with Crippen molar-refractivity contribution in [1.29, 1.82) is 0 Å². The molecule has 0 saturated carbocycles. The molecule has 0 fully saturated rings. The second-order valence-corrected chi connectivity index (χ2v) is 5.24. The lowest BCUT2D eigenvalue weighted by atomic mass is 10.1. The van der Waals surface area contributed by atoms with Crippen LogP contribution in [-0.2, 0) is 6.54 Å². The van der Waals surface area contributed by atoms with Crippen molar-refractivity contribution >= 4 is 0 Å². The summed E-state index contributed by atoms with van der Waals surface area (Å²) in [5.41, 5.74) is 0.905. The predicted molar refractivity (Wildman–Crippen MR) is 76.9 cm³/mol. The Morgan fingerprint density at radius 3 is 2.33 bits per heavy atom. The Hall–Kier alpha value is -1.40. The van der Waals surface area contributed by atoms with Gasteiger partial charge in [-0.25, -0.2) is 0 Å². The molecular weight excluding hydrogens is 280 g/mol. The lowest BCUT2D eigenvalue weighted by Crippen LogP contribution is -2.36. The minimum atomic E-state index is -2.88. The summed E-state index contributed by atoms with van der Waals surface area (Å²) in [6.07, 6.45) is -0.435. The molecule has 0 aliphatic carbocycles. The van der Waals surface area contributed by atoms with E-state index >= 15 is 0 Å². The van der Waals surface area contributed by atoms with Gasteiger partial charge in [-0.2, -0.15) is 8.78 Å². The molecule has 0 heterocycles. The fourth-order valence-corrected chi connectivity index (χ4v) is 2.04. The van der Waals surface area contributed by atoms with Crippen molar-refractivity contribution in [3.05, 3.63) is 23.8 Å². The number of hydrogen-bond donors (Lipinski definition) is 1. The van der Waals surface area contributed by atoms with Crippen LogP contribution in [0, 0.1) is 0 Å². The van der Waals surface area contributed by atoms with E-state index in [9.17, 15) is 13.9 Å². The lowest BCUT2D eigenvalue weighted by molar-refractivity contribution is -0.0512. The van der Waals surface area contributed by atoms with Crippen LogP contribution < -0.4 is 9.47 Å². The highest BCUT2D eigenvalue weighted by molar-refractivity contribution is 5.43. The summed E-state index contributed by atoms with van der Waals surface area (Å²) < 4.78 is 34.0. The second-order valence-electron chi connectivity index (χ2n) is 5.24. The Kier molecular flexibility index (Phi) is 6.84. The van der Waals surface area contributed by atoms with Crippen LogP contribution in [0.5, 0.6) is 11.5 Å². The van der Waals surface area contributed by atoms with Crippen LogP contribution in [-0.4, -0.2) is 42.4 Å². The average Bonchev–Trinajstić information content (AvgIpc) is 2.38. The maximum Gasteiger partial charge on any atom is 0.387 e. The Bertz CT molecular complexity index is 439. The molecule has 0 radical (unpaired) electrons. The first-order valence-corrected chi connectivity index (χ1v) is 6.87. The van der Waals surface area contributed by atoms with E-state index in [1.165, 1.54) is 13.2 Å². The zero-order valence-corrected chi connectivity index (χ0v) is 12.8. The van der Waals surface area contributed by atoms with Crippen molar-refractivity contribution in [3.8, 4) is 11.5 Å². The van der Waals surface area contributed by atoms with Crippen molar-refractivity contribution < 1.29 is 23.4 Å². The number of aliphatic hydroxyl groups excluding tert-OH is 1. The summed E-state index contributed by atoms with van der Waals surface area (Å²) >= 11 is 0. The molecule has 1 aromatic carbocycles. The maximum absolute atomic E-state index is 12.3. The number of hydrogen-bond acceptors (Lipinski definition) is 4. The van der Waals surface area contributed by atoms with Gasteiger partial charge in [-0.15, -0.1) is 0 Å². The third-order valence-corrected chi connectivity index (χ3v) is 3.06.